The number of nitrogens with zero attached hydrogens (tertiary/aromatic N) is 3. The number of rotatable bonds is 2. The maximum atomic E-state index is 4.63. The van der Waals surface area contributed by atoms with Crippen LogP contribution < -0.4 is 0 Å². The fourth-order valence-corrected chi connectivity index (χ4v) is 2.63. The number of hydrogen-bond donors (Lipinski definition) is 1. The van der Waals surface area contributed by atoms with Crippen LogP contribution in [0.25, 0.3) is 27.8 Å². The molecule has 0 amide bonds. The third-order valence-electron chi connectivity index (χ3n) is 3.51. The quantitative estimate of drug-likeness (QED) is 0.593. The average molecular weight is 250 g/mol. The first kappa shape index (κ1) is 10.6. The van der Waals surface area contributed by atoms with Crippen LogP contribution in [0.5, 0.6) is 0 Å². The molecule has 3 heterocycles. The zero-order valence-corrected chi connectivity index (χ0v) is 10.7. The minimum atomic E-state index is 0.756. The Morgan fingerprint density at radius 2 is 2.16 bits per heavy atom. The topological polar surface area (TPSA) is 46.0 Å². The first-order valence-electron chi connectivity index (χ1n) is 6.60. The van der Waals surface area contributed by atoms with Gasteiger partial charge in [0.15, 0.2) is 0 Å². The van der Waals surface area contributed by atoms with Gasteiger partial charge in [0.05, 0.1) is 0 Å². The summed E-state index contributed by atoms with van der Waals surface area (Å²) in [4.78, 5) is 12.5. The Labute approximate surface area is 110 Å². The Morgan fingerprint density at radius 1 is 1.26 bits per heavy atom. The number of aryl methyl sites for hydroxylation is 1. The van der Waals surface area contributed by atoms with Crippen molar-refractivity contribution in [2.45, 2.75) is 19.8 Å². The van der Waals surface area contributed by atoms with E-state index < -0.39 is 0 Å². The molecule has 94 valence electrons. The second kappa shape index (κ2) is 3.82. The lowest BCUT2D eigenvalue weighted by Gasteiger charge is -1.99. The number of aromatic amines is 1. The van der Waals surface area contributed by atoms with Gasteiger partial charge in [0.25, 0.3) is 0 Å². The molecule has 4 aromatic rings. The number of benzene rings is 1. The highest BCUT2D eigenvalue weighted by molar-refractivity contribution is 6.04. The Morgan fingerprint density at radius 3 is 3.05 bits per heavy atom. The molecule has 0 saturated carbocycles. The van der Waals surface area contributed by atoms with Crippen LogP contribution in [-0.2, 0) is 6.42 Å². The number of hydrogen-bond acceptors (Lipinski definition) is 2. The van der Waals surface area contributed by atoms with Crippen molar-refractivity contribution in [3.05, 3.63) is 42.2 Å². The lowest BCUT2D eigenvalue weighted by atomic mass is 10.2. The molecule has 0 atom stereocenters. The smallest absolute Gasteiger partial charge is 0.236 e. The lowest BCUT2D eigenvalue weighted by molar-refractivity contribution is 0.897. The van der Waals surface area contributed by atoms with Crippen LogP contribution in [0.3, 0.4) is 0 Å². The number of fused-ring (bicyclic) bond motifs is 5. The summed E-state index contributed by atoms with van der Waals surface area (Å²) in [5.41, 5.74) is 4.39. The fraction of sp³-hybridized carbons (Fsp3) is 0.200. The van der Waals surface area contributed by atoms with Gasteiger partial charge in [0.1, 0.15) is 11.2 Å². The van der Waals surface area contributed by atoms with Crippen LogP contribution in [0.2, 0.25) is 0 Å². The van der Waals surface area contributed by atoms with Gasteiger partial charge >= 0.3 is 0 Å². The monoisotopic (exact) mass is 250 g/mol. The Bertz CT molecular complexity index is 885. The predicted octanol–water partition coefficient (Wildman–Crippen LogP) is 3.32. The van der Waals surface area contributed by atoms with Crippen molar-refractivity contribution in [2.75, 3.05) is 0 Å². The normalized spacial score (nSPS) is 11.8. The summed E-state index contributed by atoms with van der Waals surface area (Å²) < 4.78 is 2.06. The first-order chi connectivity index (χ1) is 9.36. The largest absolute Gasteiger partial charge is 0.339 e. The Hall–Kier alpha value is -2.36. The van der Waals surface area contributed by atoms with Crippen molar-refractivity contribution >= 4 is 27.8 Å². The molecule has 0 radical (unpaired) electrons. The van der Waals surface area contributed by atoms with Gasteiger partial charge in [-0.2, -0.15) is 0 Å². The molecule has 0 aliphatic rings. The molecule has 0 fully saturated rings. The second-order valence-corrected chi connectivity index (χ2v) is 4.86. The SMILES string of the molecule is CCCc1cnc2nc3c4ccccc4[nH]c3n2c1. The highest BCUT2D eigenvalue weighted by Gasteiger charge is 2.11. The van der Waals surface area contributed by atoms with Crippen molar-refractivity contribution in [2.24, 2.45) is 0 Å². The zero-order valence-electron chi connectivity index (χ0n) is 10.7. The van der Waals surface area contributed by atoms with E-state index in [0.29, 0.717) is 0 Å². The van der Waals surface area contributed by atoms with Gasteiger partial charge in [0, 0.05) is 23.3 Å². The van der Waals surface area contributed by atoms with E-state index in [4.69, 9.17) is 0 Å². The molecule has 0 unspecified atom stereocenters. The van der Waals surface area contributed by atoms with Crippen LogP contribution >= 0.6 is 0 Å². The van der Waals surface area contributed by atoms with E-state index in [1.54, 1.807) is 0 Å². The van der Waals surface area contributed by atoms with Crippen LogP contribution in [0, 0.1) is 0 Å². The average Bonchev–Trinajstić information content (AvgIpc) is 2.95. The minimum absolute atomic E-state index is 0.756. The maximum absolute atomic E-state index is 4.63. The van der Waals surface area contributed by atoms with E-state index in [9.17, 15) is 0 Å². The third-order valence-corrected chi connectivity index (χ3v) is 3.51. The van der Waals surface area contributed by atoms with Crippen LogP contribution in [-0.4, -0.2) is 19.4 Å². The van der Waals surface area contributed by atoms with Crippen molar-refractivity contribution in [3.8, 4) is 0 Å². The summed E-state index contributed by atoms with van der Waals surface area (Å²) in [5.74, 6) is 0.756. The van der Waals surface area contributed by atoms with Gasteiger partial charge in [-0.15, -0.1) is 0 Å². The summed E-state index contributed by atoms with van der Waals surface area (Å²) in [6.07, 6.45) is 6.23. The van der Waals surface area contributed by atoms with Crippen molar-refractivity contribution in [3.63, 3.8) is 0 Å². The first-order valence-corrected chi connectivity index (χ1v) is 6.60. The molecule has 19 heavy (non-hydrogen) atoms. The molecule has 0 spiro atoms. The van der Waals surface area contributed by atoms with E-state index in [0.717, 1.165) is 40.7 Å². The standard InChI is InChI=1S/C15H14N4/c1-2-5-10-8-16-15-18-13-11-6-3-4-7-12(11)17-14(13)19(15)9-10/h3-4,6-9,17H,2,5H2,1H3. The highest BCUT2D eigenvalue weighted by atomic mass is 15.1. The summed E-state index contributed by atoms with van der Waals surface area (Å²) in [5, 5.41) is 1.15. The van der Waals surface area contributed by atoms with Gasteiger partial charge in [-0.3, -0.25) is 4.40 Å². The summed E-state index contributed by atoms with van der Waals surface area (Å²) in [6, 6.07) is 8.24. The molecule has 4 heteroatoms. The predicted molar refractivity (Wildman–Crippen MR) is 76.3 cm³/mol. The molecule has 1 aromatic carbocycles. The molecule has 0 aliphatic heterocycles. The third kappa shape index (κ3) is 1.46. The molecule has 0 aliphatic carbocycles. The van der Waals surface area contributed by atoms with Crippen molar-refractivity contribution in [1.29, 1.82) is 0 Å². The molecule has 4 rings (SSSR count). The molecule has 0 saturated heterocycles. The molecule has 3 aromatic heterocycles. The van der Waals surface area contributed by atoms with E-state index in [2.05, 4.69) is 44.6 Å². The van der Waals surface area contributed by atoms with E-state index >= 15 is 0 Å². The molecule has 1 N–H and O–H groups in total. The van der Waals surface area contributed by atoms with E-state index in [1.165, 1.54) is 5.56 Å². The minimum Gasteiger partial charge on any atom is -0.339 e. The van der Waals surface area contributed by atoms with Crippen LogP contribution in [0.4, 0.5) is 0 Å². The number of nitrogens with one attached hydrogen (secondary N) is 1. The van der Waals surface area contributed by atoms with E-state index in [-0.39, 0.29) is 0 Å². The number of imidazole rings is 1. The molecular weight excluding hydrogens is 236 g/mol. The van der Waals surface area contributed by atoms with Gasteiger partial charge in [-0.1, -0.05) is 31.5 Å². The summed E-state index contributed by atoms with van der Waals surface area (Å²) in [7, 11) is 0. The van der Waals surface area contributed by atoms with Crippen LogP contribution in [0.15, 0.2) is 36.7 Å². The molecular formula is C15H14N4. The number of para-hydroxylation sites is 1. The van der Waals surface area contributed by atoms with Gasteiger partial charge in [-0.05, 0) is 18.1 Å². The number of aromatic nitrogens is 4. The number of H-pyrrole nitrogens is 1. The van der Waals surface area contributed by atoms with Gasteiger partial charge < -0.3 is 4.98 Å². The lowest BCUT2D eigenvalue weighted by Crippen LogP contribution is -1.93. The maximum Gasteiger partial charge on any atom is 0.236 e. The van der Waals surface area contributed by atoms with Crippen molar-refractivity contribution in [1.82, 2.24) is 19.4 Å². The zero-order chi connectivity index (χ0) is 12.8. The Balaban J connectivity index is 2.10. The van der Waals surface area contributed by atoms with Crippen molar-refractivity contribution < 1.29 is 0 Å². The second-order valence-electron chi connectivity index (χ2n) is 4.86. The fourth-order valence-electron chi connectivity index (χ4n) is 2.63. The van der Waals surface area contributed by atoms with Crippen LogP contribution in [0.1, 0.15) is 18.9 Å². The van der Waals surface area contributed by atoms with Gasteiger partial charge in [0.2, 0.25) is 5.78 Å². The summed E-state index contributed by atoms with van der Waals surface area (Å²) in [6.45, 7) is 2.18. The van der Waals surface area contributed by atoms with E-state index in [1.807, 2.05) is 18.3 Å². The molecule has 0 bridgehead atoms. The Kier molecular flexibility index (Phi) is 2.12. The van der Waals surface area contributed by atoms with Gasteiger partial charge in [-0.25, -0.2) is 9.97 Å². The highest BCUT2D eigenvalue weighted by Crippen LogP contribution is 2.25. The summed E-state index contributed by atoms with van der Waals surface area (Å²) >= 11 is 0. The molecule has 4 nitrogen and oxygen atoms in total.